The third-order valence-electron chi connectivity index (χ3n) is 11.6. The van der Waals surface area contributed by atoms with Crippen LogP contribution in [0.1, 0.15) is 176 Å². The lowest BCUT2D eigenvalue weighted by atomic mass is 9.74. The van der Waals surface area contributed by atoms with Crippen LogP contribution in [0.2, 0.25) is 0 Å². The van der Waals surface area contributed by atoms with E-state index in [1.165, 1.54) is 96.3 Å². The minimum atomic E-state index is -2.43. The van der Waals surface area contributed by atoms with E-state index in [0.717, 1.165) is 38.5 Å². The van der Waals surface area contributed by atoms with Crippen molar-refractivity contribution in [2.24, 2.45) is 17.8 Å². The molecule has 0 unspecified atom stereocenters. The molecule has 37 heavy (non-hydrogen) atoms. The summed E-state index contributed by atoms with van der Waals surface area (Å²) in [6, 6.07) is 0. The van der Waals surface area contributed by atoms with E-state index in [1.54, 1.807) is 0 Å². The van der Waals surface area contributed by atoms with Gasteiger partial charge in [-0.3, -0.25) is 0 Å². The Hall–Kier alpha value is 0.412. The van der Waals surface area contributed by atoms with Crippen LogP contribution in [0.5, 0.6) is 0 Å². The maximum Gasteiger partial charge on any atom is 0.906 e. The van der Waals surface area contributed by atoms with E-state index >= 15 is 0 Å². The third kappa shape index (κ3) is 7.58. The molecule has 3 aliphatic rings. The molecule has 3 nitrogen and oxygen atoms in total. The lowest BCUT2D eigenvalue weighted by molar-refractivity contribution is -0.144. The van der Waals surface area contributed by atoms with Gasteiger partial charge in [0.1, 0.15) is 0 Å². The second-order valence-electron chi connectivity index (χ2n) is 13.0. The van der Waals surface area contributed by atoms with Crippen molar-refractivity contribution in [3.63, 3.8) is 0 Å². The van der Waals surface area contributed by atoms with Gasteiger partial charge >= 0.3 is 15.1 Å². The van der Waals surface area contributed by atoms with Gasteiger partial charge in [0, 0.05) is 16.8 Å². The van der Waals surface area contributed by atoms with Crippen molar-refractivity contribution in [2.45, 2.75) is 193 Å². The maximum atomic E-state index is 7.47. The largest absolute Gasteiger partial charge is 0.906 e. The van der Waals surface area contributed by atoms with Gasteiger partial charge in [0.2, 0.25) is 0 Å². The summed E-state index contributed by atoms with van der Waals surface area (Å²) < 4.78 is 22.4. The summed E-state index contributed by atoms with van der Waals surface area (Å²) >= 11 is -2.43. The van der Waals surface area contributed by atoms with E-state index in [9.17, 15) is 0 Å². The predicted molar refractivity (Wildman–Crippen MR) is 159 cm³/mol. The van der Waals surface area contributed by atoms with Crippen LogP contribution in [0.25, 0.3) is 0 Å². The highest BCUT2D eigenvalue weighted by atomic mass is 27.3. The van der Waals surface area contributed by atoms with Crippen LogP contribution in [0.4, 0.5) is 0 Å². The quantitative estimate of drug-likeness (QED) is 0.196. The highest BCUT2D eigenvalue weighted by Gasteiger charge is 2.54. The van der Waals surface area contributed by atoms with E-state index in [0.29, 0.717) is 17.8 Å². The Morgan fingerprint density at radius 1 is 0.405 bits per heavy atom. The van der Waals surface area contributed by atoms with Gasteiger partial charge in [-0.25, -0.2) is 0 Å². The molecule has 3 saturated carbocycles. The zero-order valence-corrected chi connectivity index (χ0v) is 27.0. The smallest absolute Gasteiger partial charge is 0.449 e. The van der Waals surface area contributed by atoms with Crippen molar-refractivity contribution >= 4 is 15.1 Å². The Kier molecular flexibility index (Phi) is 13.3. The second-order valence-corrected chi connectivity index (χ2v) is 14.2. The lowest BCUT2D eigenvalue weighted by Gasteiger charge is -2.50. The van der Waals surface area contributed by atoms with Crippen molar-refractivity contribution in [1.29, 1.82) is 0 Å². The Labute approximate surface area is 237 Å². The summed E-state index contributed by atoms with van der Waals surface area (Å²) in [7, 11) is 0. The molecule has 0 heterocycles. The normalized spacial score (nSPS) is 21.9. The van der Waals surface area contributed by atoms with Gasteiger partial charge in [-0.05, 0) is 94.8 Å². The molecule has 0 atom stereocenters. The van der Waals surface area contributed by atoms with Gasteiger partial charge < -0.3 is 11.4 Å². The summed E-state index contributed by atoms with van der Waals surface area (Å²) in [5.74, 6) is 1.95. The minimum absolute atomic E-state index is 0.0864. The van der Waals surface area contributed by atoms with Crippen molar-refractivity contribution in [3.05, 3.63) is 0 Å². The Balaban J connectivity index is 1.95. The fraction of sp³-hybridized carbons (Fsp3) is 1.00. The molecule has 0 aromatic carbocycles. The Morgan fingerprint density at radius 2 is 0.622 bits per heavy atom. The third-order valence-corrected chi connectivity index (χ3v) is 13.6. The first-order chi connectivity index (χ1) is 18.0. The van der Waals surface area contributed by atoms with Gasteiger partial charge in [-0.2, -0.15) is 0 Å². The average molecular weight is 535 g/mol. The van der Waals surface area contributed by atoms with E-state index in [2.05, 4.69) is 41.5 Å². The molecular formula is C33H63AlO3. The van der Waals surface area contributed by atoms with Crippen LogP contribution in [0.3, 0.4) is 0 Å². The van der Waals surface area contributed by atoms with Crippen LogP contribution in [-0.4, -0.2) is 32.0 Å². The molecule has 3 fully saturated rings. The van der Waals surface area contributed by atoms with Crippen molar-refractivity contribution in [3.8, 4) is 0 Å². The standard InChI is InChI=1S/3C11H21O.Al/c3*1-3-11(12,4-2)10-8-6-5-7-9-10;/h3*10H,3-9H2,1-2H3;/q3*-1;+3. The molecule has 3 aliphatic carbocycles. The summed E-state index contributed by atoms with van der Waals surface area (Å²) in [5.41, 5.74) is -0.259. The molecule has 3 rings (SSSR count). The summed E-state index contributed by atoms with van der Waals surface area (Å²) in [4.78, 5) is 0. The first kappa shape index (κ1) is 31.9. The predicted octanol–water partition coefficient (Wildman–Crippen LogP) is 10.4. The molecule has 0 saturated heterocycles. The Morgan fingerprint density at radius 3 is 0.811 bits per heavy atom. The molecule has 0 spiro atoms. The summed E-state index contributed by atoms with van der Waals surface area (Å²) in [5, 5.41) is 0. The van der Waals surface area contributed by atoms with Crippen molar-refractivity contribution < 1.29 is 11.4 Å². The molecule has 4 heteroatoms. The minimum Gasteiger partial charge on any atom is -0.449 e. The summed E-state index contributed by atoms with van der Waals surface area (Å²) in [6.07, 6.45) is 26.6. The van der Waals surface area contributed by atoms with Crippen LogP contribution < -0.4 is 0 Å². The van der Waals surface area contributed by atoms with Gasteiger partial charge in [0.25, 0.3) is 0 Å². The van der Waals surface area contributed by atoms with E-state index < -0.39 is 15.1 Å². The SMILES string of the molecule is CCC(CC)([O][Al]([O]C(CC)(CC)C1CCCCC1)[O]C(CC)(CC)C1CCCCC1)C1CCCCC1. The van der Waals surface area contributed by atoms with E-state index in [4.69, 9.17) is 11.4 Å². The molecule has 0 N–H and O–H groups in total. The molecule has 0 aliphatic heterocycles. The fourth-order valence-electron chi connectivity index (χ4n) is 8.80. The molecule has 0 aromatic heterocycles. The van der Waals surface area contributed by atoms with Gasteiger partial charge in [-0.1, -0.05) is 99.3 Å². The Bertz CT molecular complexity index is 521. The van der Waals surface area contributed by atoms with E-state index in [1.807, 2.05) is 0 Å². The van der Waals surface area contributed by atoms with Gasteiger partial charge in [-0.15, -0.1) is 0 Å². The second kappa shape index (κ2) is 15.4. The molecule has 0 radical (unpaired) electrons. The highest BCUT2D eigenvalue weighted by molar-refractivity contribution is 6.37. The van der Waals surface area contributed by atoms with Crippen LogP contribution >= 0.6 is 0 Å². The molecule has 0 bridgehead atoms. The number of rotatable bonds is 15. The maximum absolute atomic E-state index is 7.47. The molecule has 0 aromatic rings. The van der Waals surface area contributed by atoms with Crippen LogP contribution in [-0.2, 0) is 11.4 Å². The van der Waals surface area contributed by atoms with E-state index in [-0.39, 0.29) is 16.8 Å². The monoisotopic (exact) mass is 534 g/mol. The molecular weight excluding hydrogens is 471 g/mol. The van der Waals surface area contributed by atoms with Gasteiger partial charge in [0.05, 0.1) is 0 Å². The van der Waals surface area contributed by atoms with Gasteiger partial charge in [0.15, 0.2) is 0 Å². The van der Waals surface area contributed by atoms with Crippen molar-refractivity contribution in [1.82, 2.24) is 0 Å². The topological polar surface area (TPSA) is 27.7 Å². The zero-order valence-electron chi connectivity index (χ0n) is 25.9. The fourth-order valence-corrected chi connectivity index (χ4v) is 11.7. The first-order valence-corrected chi connectivity index (χ1v) is 18.4. The van der Waals surface area contributed by atoms with Crippen LogP contribution in [0, 0.1) is 17.8 Å². The highest BCUT2D eigenvalue weighted by Crippen LogP contribution is 2.46. The first-order valence-electron chi connectivity index (χ1n) is 17.0. The van der Waals surface area contributed by atoms with Crippen molar-refractivity contribution in [2.75, 3.05) is 0 Å². The number of hydrogen-bond acceptors (Lipinski definition) is 3. The summed E-state index contributed by atoms with van der Waals surface area (Å²) in [6.45, 7) is 14.2. The zero-order chi connectivity index (χ0) is 26.8. The average Bonchev–Trinajstić information content (AvgIpc) is 2.98. The number of hydrogen-bond donors (Lipinski definition) is 0. The molecule has 216 valence electrons. The lowest BCUT2D eigenvalue weighted by Crippen LogP contribution is -2.56. The molecule has 0 amide bonds. The van der Waals surface area contributed by atoms with Crippen LogP contribution in [0.15, 0.2) is 0 Å².